The van der Waals surface area contributed by atoms with Crippen LogP contribution in [0.3, 0.4) is 0 Å². The summed E-state index contributed by atoms with van der Waals surface area (Å²) in [6.07, 6.45) is 1.28. The molecule has 0 atom stereocenters. The molecule has 2 aromatic carbocycles. The molecule has 0 N–H and O–H groups in total. The second-order valence-electron chi connectivity index (χ2n) is 4.43. The first-order valence-corrected chi connectivity index (χ1v) is 7.49. The lowest BCUT2D eigenvalue weighted by Crippen LogP contribution is -2.11. The summed E-state index contributed by atoms with van der Waals surface area (Å²) in [6.45, 7) is 0. The number of halogens is 1. The Hall–Kier alpha value is -2.65. The molecule has 3 rings (SSSR count). The summed E-state index contributed by atoms with van der Waals surface area (Å²) in [5, 5.41) is 9.67. The monoisotopic (exact) mass is 300 g/mol. The molecule has 0 spiro atoms. The summed E-state index contributed by atoms with van der Waals surface area (Å²) in [5.74, 6) is -0.510. The van der Waals surface area contributed by atoms with E-state index in [0.717, 1.165) is 16.1 Å². The Morgan fingerprint density at radius 2 is 1.71 bits per heavy atom. The summed E-state index contributed by atoms with van der Waals surface area (Å²) in [7, 11) is -3.87. The van der Waals surface area contributed by atoms with Crippen LogP contribution in [0.15, 0.2) is 59.6 Å². The Balaban J connectivity index is 2.30. The van der Waals surface area contributed by atoms with Crippen molar-refractivity contribution in [2.75, 3.05) is 0 Å². The van der Waals surface area contributed by atoms with Gasteiger partial charge in [0, 0.05) is 11.6 Å². The third-order valence-electron chi connectivity index (χ3n) is 3.17. The summed E-state index contributed by atoms with van der Waals surface area (Å²) in [4.78, 5) is -0.0332. The number of nitrogens with zero attached hydrogens (tertiary/aromatic N) is 2. The minimum Gasteiger partial charge on any atom is -0.240 e. The van der Waals surface area contributed by atoms with Gasteiger partial charge in [0.1, 0.15) is 11.9 Å². The number of hydrogen-bond donors (Lipinski definition) is 0. The molecule has 104 valence electrons. The van der Waals surface area contributed by atoms with Gasteiger partial charge in [0.05, 0.1) is 16.0 Å². The zero-order valence-electron chi connectivity index (χ0n) is 10.7. The number of hydrogen-bond acceptors (Lipinski definition) is 3. The van der Waals surface area contributed by atoms with Gasteiger partial charge < -0.3 is 0 Å². The SMILES string of the molecule is N#Cc1cn(S(=O)(=O)c2ccc(F)cc2)c2ccccc12. The summed E-state index contributed by atoms with van der Waals surface area (Å²) < 4.78 is 39.2. The van der Waals surface area contributed by atoms with Crippen molar-refractivity contribution in [3.8, 4) is 6.07 Å². The molecule has 0 saturated carbocycles. The molecule has 21 heavy (non-hydrogen) atoms. The Labute approximate surface area is 120 Å². The van der Waals surface area contributed by atoms with E-state index in [2.05, 4.69) is 0 Å². The molecule has 4 nitrogen and oxygen atoms in total. The second kappa shape index (κ2) is 4.72. The third-order valence-corrected chi connectivity index (χ3v) is 4.86. The molecule has 0 fully saturated rings. The van der Waals surface area contributed by atoms with Crippen LogP contribution in [0, 0.1) is 17.1 Å². The Kier molecular flexibility index (Phi) is 3.00. The van der Waals surface area contributed by atoms with Crippen LogP contribution in [0.4, 0.5) is 4.39 Å². The molecule has 0 aliphatic heterocycles. The zero-order chi connectivity index (χ0) is 15.0. The topological polar surface area (TPSA) is 62.9 Å². The van der Waals surface area contributed by atoms with Crippen molar-refractivity contribution in [3.63, 3.8) is 0 Å². The van der Waals surface area contributed by atoms with E-state index in [4.69, 9.17) is 5.26 Å². The van der Waals surface area contributed by atoms with Crippen molar-refractivity contribution < 1.29 is 12.8 Å². The van der Waals surface area contributed by atoms with Gasteiger partial charge in [0.25, 0.3) is 10.0 Å². The molecule has 1 aromatic heterocycles. The van der Waals surface area contributed by atoms with Gasteiger partial charge in [0.2, 0.25) is 0 Å². The number of rotatable bonds is 2. The maximum Gasteiger partial charge on any atom is 0.268 e. The predicted octanol–water partition coefficient (Wildman–Crippen LogP) is 2.89. The van der Waals surface area contributed by atoms with Crippen molar-refractivity contribution in [2.45, 2.75) is 4.90 Å². The highest BCUT2D eigenvalue weighted by molar-refractivity contribution is 7.90. The lowest BCUT2D eigenvalue weighted by atomic mass is 10.2. The van der Waals surface area contributed by atoms with E-state index in [1.54, 1.807) is 24.3 Å². The lowest BCUT2D eigenvalue weighted by Gasteiger charge is -2.07. The van der Waals surface area contributed by atoms with Crippen LogP contribution in [-0.4, -0.2) is 12.4 Å². The second-order valence-corrected chi connectivity index (χ2v) is 6.24. The Morgan fingerprint density at radius 3 is 2.38 bits per heavy atom. The first kappa shape index (κ1) is 13.3. The van der Waals surface area contributed by atoms with Crippen molar-refractivity contribution in [3.05, 3.63) is 66.1 Å². The standard InChI is InChI=1S/C15H9FN2O2S/c16-12-5-7-13(8-6-12)21(19,20)18-10-11(9-17)14-3-1-2-4-15(14)18/h1-8,10H. The summed E-state index contributed by atoms with van der Waals surface area (Å²) in [6, 6.07) is 13.3. The van der Waals surface area contributed by atoms with Crippen LogP contribution in [0.25, 0.3) is 10.9 Å². The molecule has 0 unspecified atom stereocenters. The first-order valence-electron chi connectivity index (χ1n) is 6.05. The van der Waals surface area contributed by atoms with Gasteiger partial charge in [-0.05, 0) is 30.3 Å². The van der Waals surface area contributed by atoms with E-state index in [1.165, 1.54) is 18.3 Å². The molecule has 0 saturated heterocycles. The van der Waals surface area contributed by atoms with Gasteiger partial charge in [0.15, 0.2) is 0 Å². The fourth-order valence-electron chi connectivity index (χ4n) is 2.16. The van der Waals surface area contributed by atoms with Crippen LogP contribution in [-0.2, 0) is 10.0 Å². The van der Waals surface area contributed by atoms with E-state index in [-0.39, 0.29) is 10.5 Å². The highest BCUT2D eigenvalue weighted by Crippen LogP contribution is 2.25. The molecule has 0 aliphatic rings. The maximum absolute atomic E-state index is 12.9. The van der Waals surface area contributed by atoms with E-state index < -0.39 is 15.8 Å². The van der Waals surface area contributed by atoms with Gasteiger partial charge in [-0.2, -0.15) is 5.26 Å². The highest BCUT2D eigenvalue weighted by Gasteiger charge is 2.21. The summed E-state index contributed by atoms with van der Waals surface area (Å²) in [5.41, 5.74) is 0.690. The highest BCUT2D eigenvalue weighted by atomic mass is 32.2. The van der Waals surface area contributed by atoms with E-state index in [9.17, 15) is 12.8 Å². The fraction of sp³-hybridized carbons (Fsp3) is 0. The predicted molar refractivity (Wildman–Crippen MR) is 75.6 cm³/mol. The van der Waals surface area contributed by atoms with E-state index >= 15 is 0 Å². The smallest absolute Gasteiger partial charge is 0.240 e. The minimum absolute atomic E-state index is 0.0332. The quantitative estimate of drug-likeness (QED) is 0.731. The van der Waals surface area contributed by atoms with Gasteiger partial charge in [-0.15, -0.1) is 0 Å². The lowest BCUT2D eigenvalue weighted by molar-refractivity contribution is 0.588. The van der Waals surface area contributed by atoms with Gasteiger partial charge in [-0.1, -0.05) is 18.2 Å². The average Bonchev–Trinajstić information content (AvgIpc) is 2.87. The Morgan fingerprint density at radius 1 is 1.05 bits per heavy atom. The Bertz CT molecular complexity index is 967. The van der Waals surface area contributed by atoms with Gasteiger partial charge in [-0.3, -0.25) is 0 Å². The molecule has 3 aromatic rings. The van der Waals surface area contributed by atoms with Crippen LogP contribution in [0.1, 0.15) is 5.56 Å². The molecule has 0 aliphatic carbocycles. The van der Waals surface area contributed by atoms with Crippen LogP contribution in [0.2, 0.25) is 0 Å². The first-order chi connectivity index (χ1) is 10.0. The van der Waals surface area contributed by atoms with Crippen LogP contribution in [0.5, 0.6) is 0 Å². The number of benzene rings is 2. The van der Waals surface area contributed by atoms with Gasteiger partial charge >= 0.3 is 0 Å². The molecular formula is C15H9FN2O2S. The molecule has 0 radical (unpaired) electrons. The van der Waals surface area contributed by atoms with Gasteiger partial charge in [-0.25, -0.2) is 16.8 Å². The summed E-state index contributed by atoms with van der Waals surface area (Å²) >= 11 is 0. The molecule has 1 heterocycles. The van der Waals surface area contributed by atoms with Crippen molar-refractivity contribution in [1.82, 2.24) is 3.97 Å². The number of para-hydroxylation sites is 1. The average molecular weight is 300 g/mol. The van der Waals surface area contributed by atoms with Crippen molar-refractivity contribution in [2.24, 2.45) is 0 Å². The molecule has 6 heteroatoms. The van der Waals surface area contributed by atoms with Crippen molar-refractivity contribution >= 4 is 20.9 Å². The maximum atomic E-state index is 12.9. The largest absolute Gasteiger partial charge is 0.268 e. The number of aromatic nitrogens is 1. The minimum atomic E-state index is -3.87. The number of fused-ring (bicyclic) bond motifs is 1. The molecular weight excluding hydrogens is 291 g/mol. The molecule has 0 bridgehead atoms. The fourth-order valence-corrected chi connectivity index (χ4v) is 3.53. The molecule has 0 amide bonds. The van der Waals surface area contributed by atoms with E-state index in [1.807, 2.05) is 6.07 Å². The van der Waals surface area contributed by atoms with Crippen LogP contribution >= 0.6 is 0 Å². The normalized spacial score (nSPS) is 11.4. The van der Waals surface area contributed by atoms with Crippen molar-refractivity contribution in [1.29, 1.82) is 5.26 Å². The van der Waals surface area contributed by atoms with Crippen LogP contribution < -0.4 is 0 Å². The zero-order valence-corrected chi connectivity index (χ0v) is 11.5. The third kappa shape index (κ3) is 2.08. The number of nitriles is 1. The van der Waals surface area contributed by atoms with E-state index in [0.29, 0.717) is 10.9 Å².